The fourth-order valence-corrected chi connectivity index (χ4v) is 2.62. The van der Waals surface area contributed by atoms with Crippen LogP contribution in [0.3, 0.4) is 0 Å². The maximum absolute atomic E-state index is 11.9. The second-order valence-corrected chi connectivity index (χ2v) is 5.92. The Morgan fingerprint density at radius 3 is 2.31 bits per heavy atom. The van der Waals surface area contributed by atoms with Crippen LogP contribution in [0.5, 0.6) is 0 Å². The molecule has 0 radical (unpaired) electrons. The molecular weight excluding hydrogens is 222 g/mol. The lowest BCUT2D eigenvalue weighted by Gasteiger charge is -2.21. The lowest BCUT2D eigenvalue weighted by molar-refractivity contribution is -0.128. The second kappa shape index (κ2) is 7.17. The highest BCUT2D eigenvalue weighted by Gasteiger charge is 2.17. The SMILES string of the molecule is CC(O)C(C)SCC(=O)N1CCCCCC1. The van der Waals surface area contributed by atoms with Crippen LogP contribution in [0.25, 0.3) is 0 Å². The van der Waals surface area contributed by atoms with Crippen molar-refractivity contribution in [1.29, 1.82) is 0 Å². The van der Waals surface area contributed by atoms with E-state index in [1.165, 1.54) is 12.8 Å². The van der Waals surface area contributed by atoms with E-state index >= 15 is 0 Å². The smallest absolute Gasteiger partial charge is 0.232 e. The monoisotopic (exact) mass is 245 g/mol. The van der Waals surface area contributed by atoms with Crippen LogP contribution in [0.4, 0.5) is 0 Å². The summed E-state index contributed by atoms with van der Waals surface area (Å²) in [5.41, 5.74) is 0. The van der Waals surface area contributed by atoms with Crippen LogP contribution in [0.1, 0.15) is 39.5 Å². The van der Waals surface area contributed by atoms with Crippen molar-refractivity contribution in [2.24, 2.45) is 0 Å². The molecule has 0 aliphatic carbocycles. The number of hydrogen-bond donors (Lipinski definition) is 1. The molecule has 0 aromatic rings. The maximum Gasteiger partial charge on any atom is 0.232 e. The molecule has 94 valence electrons. The van der Waals surface area contributed by atoms with Gasteiger partial charge >= 0.3 is 0 Å². The Balaban J connectivity index is 2.27. The molecular formula is C12H23NO2S. The average molecular weight is 245 g/mol. The number of likely N-dealkylation sites (tertiary alicyclic amines) is 1. The first-order valence-electron chi connectivity index (χ1n) is 6.18. The number of nitrogens with zero attached hydrogens (tertiary/aromatic N) is 1. The van der Waals surface area contributed by atoms with Crippen LogP contribution in [-0.4, -0.2) is 46.1 Å². The van der Waals surface area contributed by atoms with Crippen LogP contribution in [0.2, 0.25) is 0 Å². The van der Waals surface area contributed by atoms with E-state index in [0.29, 0.717) is 5.75 Å². The van der Waals surface area contributed by atoms with Crippen molar-refractivity contribution < 1.29 is 9.90 Å². The Bertz CT molecular complexity index is 213. The van der Waals surface area contributed by atoms with Gasteiger partial charge in [-0.15, -0.1) is 11.8 Å². The van der Waals surface area contributed by atoms with Crippen LogP contribution in [0.15, 0.2) is 0 Å². The topological polar surface area (TPSA) is 40.5 Å². The van der Waals surface area contributed by atoms with Gasteiger partial charge in [0.15, 0.2) is 0 Å². The van der Waals surface area contributed by atoms with Crippen molar-refractivity contribution in [3.63, 3.8) is 0 Å². The standard InChI is InChI=1S/C12H23NO2S/c1-10(14)11(2)16-9-12(15)13-7-5-3-4-6-8-13/h10-11,14H,3-9H2,1-2H3. The molecule has 2 atom stereocenters. The fourth-order valence-electron chi connectivity index (χ4n) is 1.75. The molecule has 1 N–H and O–H groups in total. The molecule has 1 fully saturated rings. The second-order valence-electron chi connectivity index (χ2n) is 4.55. The molecule has 2 unspecified atom stereocenters. The number of aliphatic hydroxyl groups is 1. The fraction of sp³-hybridized carbons (Fsp3) is 0.917. The van der Waals surface area contributed by atoms with Crippen LogP contribution < -0.4 is 0 Å². The molecule has 1 heterocycles. The van der Waals surface area contributed by atoms with E-state index in [0.717, 1.165) is 25.9 Å². The number of thioether (sulfide) groups is 1. The molecule has 0 spiro atoms. The molecule has 4 heteroatoms. The lowest BCUT2D eigenvalue weighted by atomic mass is 10.2. The zero-order valence-electron chi connectivity index (χ0n) is 10.3. The Morgan fingerprint density at radius 2 is 1.81 bits per heavy atom. The van der Waals surface area contributed by atoms with Gasteiger partial charge in [-0.3, -0.25) is 4.79 Å². The number of rotatable bonds is 4. The van der Waals surface area contributed by atoms with E-state index < -0.39 is 0 Å². The van der Waals surface area contributed by atoms with E-state index in [1.54, 1.807) is 18.7 Å². The summed E-state index contributed by atoms with van der Waals surface area (Å²) in [6.45, 7) is 5.57. The van der Waals surface area contributed by atoms with Crippen molar-refractivity contribution >= 4 is 17.7 Å². The van der Waals surface area contributed by atoms with Gasteiger partial charge in [-0.2, -0.15) is 0 Å². The highest BCUT2D eigenvalue weighted by atomic mass is 32.2. The summed E-state index contributed by atoms with van der Waals surface area (Å²) in [5.74, 6) is 0.742. The third-order valence-electron chi connectivity index (χ3n) is 3.11. The minimum absolute atomic E-state index is 0.135. The van der Waals surface area contributed by atoms with Crippen molar-refractivity contribution in [2.75, 3.05) is 18.8 Å². The molecule has 1 rings (SSSR count). The summed E-state index contributed by atoms with van der Waals surface area (Å²) in [7, 11) is 0. The minimum atomic E-state index is -0.345. The number of carbonyl (C=O) groups excluding carboxylic acids is 1. The van der Waals surface area contributed by atoms with Gasteiger partial charge in [0, 0.05) is 18.3 Å². The normalized spacial score (nSPS) is 21.3. The number of aliphatic hydroxyl groups excluding tert-OH is 1. The summed E-state index contributed by atoms with van der Waals surface area (Å²) in [4.78, 5) is 13.9. The zero-order chi connectivity index (χ0) is 12.0. The Morgan fingerprint density at radius 1 is 1.25 bits per heavy atom. The Labute approximate surface area is 103 Å². The van der Waals surface area contributed by atoms with E-state index in [1.807, 2.05) is 11.8 Å². The predicted molar refractivity (Wildman–Crippen MR) is 68.6 cm³/mol. The van der Waals surface area contributed by atoms with Gasteiger partial charge in [0.25, 0.3) is 0 Å². The van der Waals surface area contributed by atoms with E-state index in [-0.39, 0.29) is 17.3 Å². The molecule has 3 nitrogen and oxygen atoms in total. The first-order chi connectivity index (χ1) is 7.61. The molecule has 0 aromatic heterocycles. The third kappa shape index (κ3) is 4.74. The minimum Gasteiger partial charge on any atom is -0.392 e. The molecule has 0 bridgehead atoms. The van der Waals surface area contributed by atoms with Gasteiger partial charge in [-0.25, -0.2) is 0 Å². The lowest BCUT2D eigenvalue weighted by Crippen LogP contribution is -2.34. The average Bonchev–Trinajstić information content (AvgIpc) is 2.53. The van der Waals surface area contributed by atoms with E-state index in [9.17, 15) is 9.90 Å². The molecule has 1 aliphatic heterocycles. The summed E-state index contributed by atoms with van der Waals surface area (Å²) in [6, 6.07) is 0. The summed E-state index contributed by atoms with van der Waals surface area (Å²) in [6.07, 6.45) is 4.44. The van der Waals surface area contributed by atoms with Gasteiger partial charge in [0.05, 0.1) is 11.9 Å². The van der Waals surface area contributed by atoms with Crippen LogP contribution in [-0.2, 0) is 4.79 Å². The maximum atomic E-state index is 11.9. The molecule has 1 aliphatic rings. The van der Waals surface area contributed by atoms with Gasteiger partial charge < -0.3 is 10.0 Å². The Hall–Kier alpha value is -0.220. The van der Waals surface area contributed by atoms with Crippen LogP contribution >= 0.6 is 11.8 Å². The summed E-state index contributed by atoms with van der Waals surface area (Å²) in [5, 5.41) is 9.48. The summed E-state index contributed by atoms with van der Waals surface area (Å²) >= 11 is 1.55. The molecule has 16 heavy (non-hydrogen) atoms. The summed E-state index contributed by atoms with van der Waals surface area (Å²) < 4.78 is 0. The van der Waals surface area contributed by atoms with Gasteiger partial charge in [-0.05, 0) is 19.8 Å². The number of carbonyl (C=O) groups is 1. The van der Waals surface area contributed by atoms with Crippen molar-refractivity contribution in [2.45, 2.75) is 50.9 Å². The largest absolute Gasteiger partial charge is 0.392 e. The molecule has 0 aromatic carbocycles. The first-order valence-corrected chi connectivity index (χ1v) is 7.23. The van der Waals surface area contributed by atoms with Crippen LogP contribution in [0, 0.1) is 0 Å². The van der Waals surface area contributed by atoms with Gasteiger partial charge in [0.1, 0.15) is 0 Å². The number of amides is 1. The highest BCUT2D eigenvalue weighted by Crippen LogP contribution is 2.16. The molecule has 1 saturated heterocycles. The van der Waals surface area contributed by atoms with Crippen molar-refractivity contribution in [3.8, 4) is 0 Å². The van der Waals surface area contributed by atoms with Gasteiger partial charge in [0.2, 0.25) is 5.91 Å². The zero-order valence-corrected chi connectivity index (χ0v) is 11.1. The predicted octanol–water partition coefficient (Wildman–Crippen LogP) is 1.89. The Kier molecular flexibility index (Phi) is 6.21. The van der Waals surface area contributed by atoms with Gasteiger partial charge in [-0.1, -0.05) is 19.8 Å². The van der Waals surface area contributed by atoms with Crippen molar-refractivity contribution in [1.82, 2.24) is 4.90 Å². The van der Waals surface area contributed by atoms with E-state index in [2.05, 4.69) is 0 Å². The molecule has 0 saturated carbocycles. The van der Waals surface area contributed by atoms with E-state index in [4.69, 9.17) is 0 Å². The van der Waals surface area contributed by atoms with Crippen molar-refractivity contribution in [3.05, 3.63) is 0 Å². The quantitative estimate of drug-likeness (QED) is 0.822. The first kappa shape index (κ1) is 13.8. The third-order valence-corrected chi connectivity index (χ3v) is 4.44. The number of hydrogen-bond acceptors (Lipinski definition) is 3. The highest BCUT2D eigenvalue weighted by molar-refractivity contribution is 8.00. The molecule has 1 amide bonds.